The molecule has 0 amide bonds. The Bertz CT molecular complexity index is 862. The molecule has 0 unspecified atom stereocenters. The summed E-state index contributed by atoms with van der Waals surface area (Å²) in [4.78, 5) is 0. The fraction of sp³-hybridized carbons (Fsp3) is 0.231. The predicted octanol–water partition coefficient (Wildman–Crippen LogP) is 7.82. The summed E-state index contributed by atoms with van der Waals surface area (Å²) in [7, 11) is 0. The highest BCUT2D eigenvalue weighted by atomic mass is 16.5. The van der Waals surface area contributed by atoms with E-state index in [2.05, 4.69) is 91.1 Å². The van der Waals surface area contributed by atoms with Crippen molar-refractivity contribution in [2.24, 2.45) is 0 Å². The van der Waals surface area contributed by atoms with Gasteiger partial charge in [-0.2, -0.15) is 0 Å². The number of benzene rings is 3. The van der Waals surface area contributed by atoms with Gasteiger partial charge >= 0.3 is 0 Å². The normalized spacial score (nSPS) is 9.41. The van der Waals surface area contributed by atoms with Crippen molar-refractivity contribution in [3.63, 3.8) is 0 Å². The Morgan fingerprint density at radius 1 is 0.519 bits per heavy atom. The highest BCUT2D eigenvalue weighted by molar-refractivity contribution is 5.38. The van der Waals surface area contributed by atoms with Crippen molar-refractivity contribution in [2.75, 3.05) is 0 Å². The maximum Gasteiger partial charge on any atom is 0.127 e. The molecule has 0 radical (unpaired) electrons. The Kier molecular flexibility index (Phi) is 9.08. The van der Waals surface area contributed by atoms with Crippen LogP contribution in [0.2, 0.25) is 0 Å². The lowest BCUT2D eigenvalue weighted by Gasteiger charge is -2.08. The van der Waals surface area contributed by atoms with Gasteiger partial charge in [0.15, 0.2) is 0 Å². The van der Waals surface area contributed by atoms with Gasteiger partial charge in [-0.3, -0.25) is 0 Å². The van der Waals surface area contributed by atoms with Crippen LogP contribution in [0.25, 0.3) is 0 Å². The van der Waals surface area contributed by atoms with E-state index in [9.17, 15) is 0 Å². The van der Waals surface area contributed by atoms with Gasteiger partial charge in [-0.05, 0) is 93.6 Å². The summed E-state index contributed by atoms with van der Waals surface area (Å²) in [6.07, 6.45) is 0. The van der Waals surface area contributed by atoms with Crippen LogP contribution in [0.3, 0.4) is 0 Å². The van der Waals surface area contributed by atoms with Crippen LogP contribution in [0.4, 0.5) is 0 Å². The molecular formula is C26H32O. The highest BCUT2D eigenvalue weighted by Gasteiger charge is 1.99. The zero-order valence-electron chi connectivity index (χ0n) is 17.6. The van der Waals surface area contributed by atoms with E-state index in [1.54, 1.807) is 0 Å². The second-order valence-electron chi connectivity index (χ2n) is 6.75. The summed E-state index contributed by atoms with van der Waals surface area (Å²) in [6, 6.07) is 20.7. The van der Waals surface area contributed by atoms with Gasteiger partial charge in [-0.15, -0.1) is 13.2 Å². The molecule has 0 spiro atoms. The molecule has 0 heterocycles. The number of hydrogen-bond donors (Lipinski definition) is 0. The molecule has 0 aliphatic heterocycles. The van der Waals surface area contributed by atoms with Crippen LogP contribution in [0.15, 0.2) is 73.8 Å². The van der Waals surface area contributed by atoms with Gasteiger partial charge in [0.25, 0.3) is 0 Å². The molecule has 0 saturated heterocycles. The molecule has 0 atom stereocenters. The molecule has 0 aromatic heterocycles. The monoisotopic (exact) mass is 360 g/mol. The molecule has 1 heteroatoms. The van der Waals surface area contributed by atoms with E-state index in [1.807, 2.05) is 24.3 Å². The molecule has 0 saturated carbocycles. The van der Waals surface area contributed by atoms with Crippen molar-refractivity contribution < 1.29 is 4.74 Å². The molecule has 0 N–H and O–H groups in total. The van der Waals surface area contributed by atoms with Crippen LogP contribution in [-0.2, 0) is 0 Å². The maximum atomic E-state index is 5.80. The highest BCUT2D eigenvalue weighted by Crippen LogP contribution is 2.24. The largest absolute Gasteiger partial charge is 0.457 e. The Morgan fingerprint density at radius 3 is 1.56 bits per heavy atom. The van der Waals surface area contributed by atoms with E-state index in [1.165, 1.54) is 33.4 Å². The number of ether oxygens (including phenoxy) is 1. The molecule has 142 valence electrons. The first kappa shape index (κ1) is 22.2. The van der Waals surface area contributed by atoms with Crippen molar-refractivity contribution in [1.29, 1.82) is 0 Å². The number of hydrogen-bond acceptors (Lipinski definition) is 1. The third-order valence-electron chi connectivity index (χ3n) is 4.37. The minimum absolute atomic E-state index is 0.892. The Hall–Kier alpha value is -2.80. The van der Waals surface area contributed by atoms with E-state index in [0.717, 1.165) is 11.5 Å². The first-order valence-electron chi connectivity index (χ1n) is 9.21. The van der Waals surface area contributed by atoms with Crippen molar-refractivity contribution >= 4 is 0 Å². The topological polar surface area (TPSA) is 9.23 Å². The molecule has 0 aliphatic rings. The van der Waals surface area contributed by atoms with E-state index in [4.69, 9.17) is 4.74 Å². The smallest absolute Gasteiger partial charge is 0.127 e. The molecule has 27 heavy (non-hydrogen) atoms. The molecule has 3 rings (SSSR count). The van der Waals surface area contributed by atoms with Crippen LogP contribution < -0.4 is 4.74 Å². The molecule has 0 fully saturated rings. The van der Waals surface area contributed by atoms with E-state index < -0.39 is 0 Å². The van der Waals surface area contributed by atoms with Crippen molar-refractivity contribution in [2.45, 2.75) is 41.5 Å². The quantitative estimate of drug-likeness (QED) is 0.423. The third kappa shape index (κ3) is 7.53. The van der Waals surface area contributed by atoms with Crippen LogP contribution in [0.1, 0.15) is 33.4 Å². The van der Waals surface area contributed by atoms with Gasteiger partial charge < -0.3 is 4.74 Å². The molecular weight excluding hydrogens is 328 g/mol. The van der Waals surface area contributed by atoms with Crippen LogP contribution >= 0.6 is 0 Å². The second kappa shape index (κ2) is 11.0. The lowest BCUT2D eigenvalue weighted by atomic mass is 10.1. The summed E-state index contributed by atoms with van der Waals surface area (Å²) >= 11 is 0. The number of aryl methyl sites for hydroxylation is 6. The predicted molar refractivity (Wildman–Crippen MR) is 119 cm³/mol. The maximum absolute atomic E-state index is 5.80. The van der Waals surface area contributed by atoms with Gasteiger partial charge in [0.2, 0.25) is 0 Å². The zero-order valence-corrected chi connectivity index (χ0v) is 17.6. The van der Waals surface area contributed by atoms with Gasteiger partial charge in [-0.1, -0.05) is 42.0 Å². The Morgan fingerprint density at radius 2 is 1.04 bits per heavy atom. The molecule has 0 aliphatic carbocycles. The molecule has 3 aromatic rings. The fourth-order valence-corrected chi connectivity index (χ4v) is 2.48. The van der Waals surface area contributed by atoms with Gasteiger partial charge in [0, 0.05) is 0 Å². The van der Waals surface area contributed by atoms with E-state index in [0.29, 0.717) is 0 Å². The average Bonchev–Trinajstić information content (AvgIpc) is 2.64. The minimum Gasteiger partial charge on any atom is -0.457 e. The first-order valence-corrected chi connectivity index (χ1v) is 9.21. The average molecular weight is 361 g/mol. The van der Waals surface area contributed by atoms with Crippen LogP contribution in [-0.4, -0.2) is 0 Å². The summed E-state index contributed by atoms with van der Waals surface area (Å²) in [5, 5.41) is 0. The molecule has 1 nitrogen and oxygen atoms in total. The zero-order chi connectivity index (χ0) is 20.4. The van der Waals surface area contributed by atoms with E-state index >= 15 is 0 Å². The first-order chi connectivity index (χ1) is 12.8. The SMILES string of the molecule is C=C.Cc1ccc(C)c(C)c1.Cc1cccc(Oc2ccc(C)c(C)c2)c1. The fourth-order valence-electron chi connectivity index (χ4n) is 2.48. The molecule has 3 aromatic carbocycles. The van der Waals surface area contributed by atoms with Crippen molar-refractivity contribution in [3.05, 3.63) is 107 Å². The second-order valence-corrected chi connectivity index (χ2v) is 6.75. The minimum atomic E-state index is 0.892. The standard InChI is InChI=1S/C15H16O.C9H12.C2H4/c1-11-5-4-6-14(9-11)16-15-8-7-12(2)13(3)10-15;1-7-4-5-8(2)9(3)6-7;1-2/h4-10H,1-3H3;4-6H,1-3H3;1-2H2. The summed E-state index contributed by atoms with van der Waals surface area (Å²) < 4.78 is 5.80. The lowest BCUT2D eigenvalue weighted by molar-refractivity contribution is 0.481. The Labute approximate surface area is 165 Å². The van der Waals surface area contributed by atoms with Crippen molar-refractivity contribution in [1.82, 2.24) is 0 Å². The van der Waals surface area contributed by atoms with Gasteiger partial charge in [0.05, 0.1) is 0 Å². The summed E-state index contributed by atoms with van der Waals surface area (Å²) in [6.45, 7) is 18.7. The van der Waals surface area contributed by atoms with E-state index in [-0.39, 0.29) is 0 Å². The summed E-state index contributed by atoms with van der Waals surface area (Å²) in [5.41, 5.74) is 7.86. The van der Waals surface area contributed by atoms with Crippen LogP contribution in [0, 0.1) is 41.5 Å². The number of rotatable bonds is 2. The van der Waals surface area contributed by atoms with Crippen molar-refractivity contribution in [3.8, 4) is 11.5 Å². The van der Waals surface area contributed by atoms with Crippen LogP contribution in [0.5, 0.6) is 11.5 Å². The Balaban J connectivity index is 0.000000282. The van der Waals surface area contributed by atoms with Gasteiger partial charge in [0.1, 0.15) is 11.5 Å². The van der Waals surface area contributed by atoms with Gasteiger partial charge in [-0.25, -0.2) is 0 Å². The molecule has 0 bridgehead atoms. The lowest BCUT2D eigenvalue weighted by Crippen LogP contribution is -1.87. The summed E-state index contributed by atoms with van der Waals surface area (Å²) in [5.74, 6) is 1.79. The third-order valence-corrected chi connectivity index (χ3v) is 4.37.